The number of hydrogen-bond acceptors (Lipinski definition) is 1. The Balaban J connectivity index is 1.41. The number of rotatable bonds is 4. The predicted octanol–water partition coefficient (Wildman–Crippen LogP) is 5.15. The highest BCUT2D eigenvalue weighted by molar-refractivity contribution is 5.83. The van der Waals surface area contributed by atoms with Crippen molar-refractivity contribution in [2.45, 2.75) is 57.4 Å². The second-order valence-electron chi connectivity index (χ2n) is 9.56. The summed E-state index contributed by atoms with van der Waals surface area (Å²) in [6.07, 6.45) is 7.12. The van der Waals surface area contributed by atoms with Crippen molar-refractivity contribution in [2.24, 2.45) is 17.3 Å². The molecule has 1 N–H and O–H groups in total. The standard InChI is InChI=1S/C25H29NO/c1-18-7-9-22(10-8-18)24-12-20-11-21(13-24)15-25(14-20,17-24)23(27)26-16-19-5-3-2-4-6-19/h2-10,20-21H,11-17H2,1H3,(H,26,27)/t20-,21+,24?,25?. The van der Waals surface area contributed by atoms with Crippen LogP contribution in [0.4, 0.5) is 0 Å². The average molecular weight is 360 g/mol. The van der Waals surface area contributed by atoms with E-state index in [2.05, 4.69) is 48.6 Å². The monoisotopic (exact) mass is 359 g/mol. The summed E-state index contributed by atoms with van der Waals surface area (Å²) >= 11 is 0. The van der Waals surface area contributed by atoms with Crippen molar-refractivity contribution in [3.63, 3.8) is 0 Å². The van der Waals surface area contributed by atoms with Gasteiger partial charge in [0.25, 0.3) is 0 Å². The molecule has 0 heterocycles. The number of hydrogen-bond donors (Lipinski definition) is 1. The van der Waals surface area contributed by atoms with Crippen molar-refractivity contribution in [2.75, 3.05) is 0 Å². The van der Waals surface area contributed by atoms with Gasteiger partial charge in [0.05, 0.1) is 5.41 Å². The molecule has 0 aliphatic heterocycles. The molecule has 2 aromatic carbocycles. The highest BCUT2D eigenvalue weighted by Gasteiger charge is 2.60. The van der Waals surface area contributed by atoms with Gasteiger partial charge in [-0.2, -0.15) is 0 Å². The van der Waals surface area contributed by atoms with E-state index < -0.39 is 0 Å². The Morgan fingerprint density at radius 2 is 1.63 bits per heavy atom. The second kappa shape index (κ2) is 6.22. The van der Waals surface area contributed by atoms with Crippen LogP contribution in [0.25, 0.3) is 0 Å². The molecular formula is C25H29NO. The van der Waals surface area contributed by atoms with Crippen molar-refractivity contribution < 1.29 is 4.79 Å². The molecule has 2 unspecified atom stereocenters. The Morgan fingerprint density at radius 1 is 0.963 bits per heavy atom. The van der Waals surface area contributed by atoms with Crippen LogP contribution in [0.2, 0.25) is 0 Å². The third-order valence-corrected chi connectivity index (χ3v) is 7.50. The van der Waals surface area contributed by atoms with E-state index in [0.29, 0.717) is 12.5 Å². The fourth-order valence-corrected chi connectivity index (χ4v) is 6.74. The largest absolute Gasteiger partial charge is 0.352 e. The summed E-state index contributed by atoms with van der Waals surface area (Å²) in [7, 11) is 0. The van der Waals surface area contributed by atoms with Crippen molar-refractivity contribution >= 4 is 5.91 Å². The van der Waals surface area contributed by atoms with E-state index in [4.69, 9.17) is 0 Å². The first-order chi connectivity index (χ1) is 13.1. The van der Waals surface area contributed by atoms with Crippen LogP contribution in [0, 0.1) is 24.2 Å². The Labute approximate surface area is 162 Å². The smallest absolute Gasteiger partial charge is 0.226 e. The highest BCUT2D eigenvalue weighted by Crippen LogP contribution is 2.65. The van der Waals surface area contributed by atoms with Gasteiger partial charge in [0.2, 0.25) is 5.91 Å². The van der Waals surface area contributed by atoms with Gasteiger partial charge in [0.1, 0.15) is 0 Å². The molecule has 2 nitrogen and oxygen atoms in total. The summed E-state index contributed by atoms with van der Waals surface area (Å²) in [6, 6.07) is 19.4. The van der Waals surface area contributed by atoms with Crippen LogP contribution in [0.5, 0.6) is 0 Å². The Bertz CT molecular complexity index is 824. The summed E-state index contributed by atoms with van der Waals surface area (Å²) in [5, 5.41) is 3.29. The zero-order chi connectivity index (χ0) is 18.5. The predicted molar refractivity (Wildman–Crippen MR) is 108 cm³/mol. The van der Waals surface area contributed by atoms with E-state index in [1.807, 2.05) is 18.2 Å². The quantitative estimate of drug-likeness (QED) is 0.804. The lowest BCUT2D eigenvalue weighted by Crippen LogP contribution is -2.59. The molecule has 0 spiro atoms. The SMILES string of the molecule is Cc1ccc(C23C[C@@H]4C[C@@H](CC(C(=O)NCc5ccccc5)(C4)C2)C3)cc1. The molecule has 4 bridgehead atoms. The molecule has 0 saturated heterocycles. The van der Waals surface area contributed by atoms with E-state index in [-0.39, 0.29) is 10.8 Å². The molecular weight excluding hydrogens is 330 g/mol. The molecule has 4 aliphatic rings. The van der Waals surface area contributed by atoms with Gasteiger partial charge in [-0.3, -0.25) is 4.79 Å². The first-order valence-electron chi connectivity index (χ1n) is 10.5. The summed E-state index contributed by atoms with van der Waals surface area (Å²) in [6.45, 7) is 2.80. The molecule has 27 heavy (non-hydrogen) atoms. The van der Waals surface area contributed by atoms with Gasteiger partial charge in [-0.05, 0) is 73.8 Å². The van der Waals surface area contributed by atoms with Crippen LogP contribution < -0.4 is 5.32 Å². The second-order valence-corrected chi connectivity index (χ2v) is 9.56. The number of carbonyl (C=O) groups is 1. The number of carbonyl (C=O) groups excluding carboxylic acids is 1. The maximum absolute atomic E-state index is 13.4. The van der Waals surface area contributed by atoms with Crippen LogP contribution >= 0.6 is 0 Å². The molecule has 4 aliphatic carbocycles. The van der Waals surface area contributed by atoms with E-state index in [1.165, 1.54) is 36.0 Å². The third-order valence-electron chi connectivity index (χ3n) is 7.50. The van der Waals surface area contributed by atoms with E-state index >= 15 is 0 Å². The van der Waals surface area contributed by atoms with E-state index in [1.54, 1.807) is 0 Å². The molecule has 4 saturated carbocycles. The Morgan fingerprint density at radius 3 is 2.30 bits per heavy atom. The van der Waals surface area contributed by atoms with Gasteiger partial charge >= 0.3 is 0 Å². The lowest BCUT2D eigenvalue weighted by Gasteiger charge is -2.61. The summed E-state index contributed by atoms with van der Waals surface area (Å²) in [5.74, 6) is 1.74. The van der Waals surface area contributed by atoms with Crippen LogP contribution in [0.15, 0.2) is 54.6 Å². The lowest BCUT2D eigenvalue weighted by atomic mass is 9.42. The molecule has 0 aromatic heterocycles. The Hall–Kier alpha value is -2.09. The van der Waals surface area contributed by atoms with E-state index in [0.717, 1.165) is 31.1 Å². The third kappa shape index (κ3) is 2.90. The Kier molecular flexibility index (Phi) is 3.93. The minimum Gasteiger partial charge on any atom is -0.352 e. The van der Waals surface area contributed by atoms with Crippen LogP contribution in [-0.4, -0.2) is 5.91 Å². The number of nitrogens with one attached hydrogen (secondary N) is 1. The van der Waals surface area contributed by atoms with Gasteiger partial charge in [-0.15, -0.1) is 0 Å². The van der Waals surface area contributed by atoms with Crippen LogP contribution in [0.3, 0.4) is 0 Å². The lowest BCUT2D eigenvalue weighted by molar-refractivity contribution is -0.149. The fraction of sp³-hybridized carbons (Fsp3) is 0.480. The van der Waals surface area contributed by atoms with Gasteiger partial charge < -0.3 is 5.32 Å². The average Bonchev–Trinajstić information content (AvgIpc) is 2.66. The summed E-state index contributed by atoms with van der Waals surface area (Å²) < 4.78 is 0. The maximum Gasteiger partial charge on any atom is 0.226 e. The van der Waals surface area contributed by atoms with Crippen LogP contribution in [-0.2, 0) is 16.8 Å². The van der Waals surface area contributed by atoms with Gasteiger partial charge in [-0.1, -0.05) is 60.2 Å². The molecule has 4 atom stereocenters. The zero-order valence-corrected chi connectivity index (χ0v) is 16.2. The normalized spacial score (nSPS) is 33.8. The number of benzene rings is 2. The number of amides is 1. The van der Waals surface area contributed by atoms with E-state index in [9.17, 15) is 4.79 Å². The fourth-order valence-electron chi connectivity index (χ4n) is 6.74. The first-order valence-corrected chi connectivity index (χ1v) is 10.5. The van der Waals surface area contributed by atoms with Crippen LogP contribution in [0.1, 0.15) is 55.2 Å². The summed E-state index contributed by atoms with van der Waals surface area (Å²) in [4.78, 5) is 13.4. The highest BCUT2D eigenvalue weighted by atomic mass is 16.2. The van der Waals surface area contributed by atoms with Crippen molar-refractivity contribution in [3.05, 3.63) is 71.3 Å². The molecule has 140 valence electrons. The zero-order valence-electron chi connectivity index (χ0n) is 16.2. The van der Waals surface area contributed by atoms with Gasteiger partial charge in [0, 0.05) is 6.54 Å². The minimum absolute atomic E-state index is 0.149. The van der Waals surface area contributed by atoms with Crippen molar-refractivity contribution in [1.82, 2.24) is 5.32 Å². The van der Waals surface area contributed by atoms with Gasteiger partial charge in [-0.25, -0.2) is 0 Å². The first kappa shape index (κ1) is 17.0. The van der Waals surface area contributed by atoms with Gasteiger partial charge in [0.15, 0.2) is 0 Å². The molecule has 2 aromatic rings. The topological polar surface area (TPSA) is 29.1 Å². The van der Waals surface area contributed by atoms with Crippen molar-refractivity contribution in [3.8, 4) is 0 Å². The molecule has 4 fully saturated rings. The van der Waals surface area contributed by atoms with Crippen molar-refractivity contribution in [1.29, 1.82) is 0 Å². The molecule has 6 rings (SSSR count). The molecule has 0 radical (unpaired) electrons. The molecule has 2 heteroatoms. The maximum atomic E-state index is 13.4. The minimum atomic E-state index is -0.149. The number of aryl methyl sites for hydroxylation is 1. The molecule has 1 amide bonds. The summed E-state index contributed by atoms with van der Waals surface area (Å²) in [5.41, 5.74) is 4.05.